The van der Waals surface area contributed by atoms with Crippen LogP contribution < -0.4 is 5.32 Å². The summed E-state index contributed by atoms with van der Waals surface area (Å²) in [4.78, 5) is 0. The van der Waals surface area contributed by atoms with E-state index in [0.717, 1.165) is 25.0 Å². The molecule has 0 aromatic carbocycles. The summed E-state index contributed by atoms with van der Waals surface area (Å²) in [7, 11) is 0. The summed E-state index contributed by atoms with van der Waals surface area (Å²) in [6.07, 6.45) is 2.80. The van der Waals surface area contributed by atoms with E-state index in [1.807, 2.05) is 0 Å². The summed E-state index contributed by atoms with van der Waals surface area (Å²) in [6.45, 7) is 8.20. The van der Waals surface area contributed by atoms with Gasteiger partial charge in [0.1, 0.15) is 0 Å². The van der Waals surface area contributed by atoms with E-state index in [1.54, 1.807) is 0 Å². The second kappa shape index (κ2) is 3.94. The lowest BCUT2D eigenvalue weighted by Gasteiger charge is -2.18. The van der Waals surface area contributed by atoms with Crippen LogP contribution in [0.4, 0.5) is 0 Å². The van der Waals surface area contributed by atoms with Gasteiger partial charge in [-0.1, -0.05) is 20.4 Å². The highest BCUT2D eigenvalue weighted by Gasteiger charge is 2.22. The number of hydrogen-bond donors (Lipinski definition) is 2. The van der Waals surface area contributed by atoms with E-state index in [2.05, 4.69) is 25.7 Å². The Hall–Kier alpha value is -0.500. The molecule has 0 aromatic rings. The summed E-state index contributed by atoms with van der Waals surface area (Å²) in [5.74, 6) is 0.489. The molecule has 1 saturated carbocycles. The molecule has 1 aliphatic carbocycles. The first kappa shape index (κ1) is 9.59. The molecule has 2 N–H and O–H groups in total. The van der Waals surface area contributed by atoms with Crippen molar-refractivity contribution in [2.24, 2.45) is 5.92 Å². The lowest BCUT2D eigenvalue weighted by Crippen LogP contribution is -2.27. The molecule has 1 fully saturated rings. The Morgan fingerprint density at radius 2 is 2.17 bits per heavy atom. The van der Waals surface area contributed by atoms with Crippen LogP contribution >= 0.6 is 0 Å². The molecule has 2 unspecified atom stereocenters. The first-order valence-corrected chi connectivity index (χ1v) is 4.73. The maximum atomic E-state index is 9.28. The van der Waals surface area contributed by atoms with Crippen molar-refractivity contribution in [2.75, 3.05) is 0 Å². The number of hydrogen-bond acceptors (Lipinski definition) is 2. The first-order chi connectivity index (χ1) is 5.59. The van der Waals surface area contributed by atoms with Crippen molar-refractivity contribution in [3.8, 4) is 0 Å². The largest absolute Gasteiger partial charge is 0.393 e. The van der Waals surface area contributed by atoms with Crippen LogP contribution in [0.1, 0.15) is 33.1 Å². The summed E-state index contributed by atoms with van der Waals surface area (Å²) in [5, 5.41) is 12.6. The van der Waals surface area contributed by atoms with Crippen molar-refractivity contribution in [3.05, 3.63) is 12.3 Å². The Morgan fingerprint density at radius 3 is 2.58 bits per heavy atom. The molecular weight excluding hydrogens is 150 g/mol. The number of nitrogens with one attached hydrogen (secondary N) is 1. The lowest BCUT2D eigenvalue weighted by molar-refractivity contribution is 0.180. The topological polar surface area (TPSA) is 32.3 Å². The van der Waals surface area contributed by atoms with Gasteiger partial charge in [-0.2, -0.15) is 0 Å². The van der Waals surface area contributed by atoms with Crippen LogP contribution in [0.2, 0.25) is 0 Å². The summed E-state index contributed by atoms with van der Waals surface area (Å²) >= 11 is 0. The molecule has 1 rings (SSSR count). The fourth-order valence-corrected chi connectivity index (χ4v) is 1.52. The minimum Gasteiger partial charge on any atom is -0.393 e. The molecule has 2 nitrogen and oxygen atoms in total. The minimum absolute atomic E-state index is 0.0949. The predicted octanol–water partition coefficient (Wildman–Crippen LogP) is 1.66. The lowest BCUT2D eigenvalue weighted by atomic mass is 10.1. The normalized spacial score (nSPS) is 29.3. The van der Waals surface area contributed by atoms with E-state index >= 15 is 0 Å². The van der Waals surface area contributed by atoms with E-state index < -0.39 is 0 Å². The summed E-state index contributed by atoms with van der Waals surface area (Å²) in [6, 6.07) is 0.454. The molecule has 0 radical (unpaired) electrons. The van der Waals surface area contributed by atoms with Crippen molar-refractivity contribution < 1.29 is 5.11 Å². The first-order valence-electron chi connectivity index (χ1n) is 4.73. The number of allylic oxidation sites excluding steroid dienone is 1. The molecule has 0 amide bonds. The predicted molar refractivity (Wildman–Crippen MR) is 50.8 cm³/mol. The van der Waals surface area contributed by atoms with E-state index in [9.17, 15) is 5.11 Å². The highest BCUT2D eigenvalue weighted by Crippen LogP contribution is 2.20. The molecule has 2 heteroatoms. The third kappa shape index (κ3) is 2.52. The van der Waals surface area contributed by atoms with Crippen molar-refractivity contribution >= 4 is 0 Å². The molecule has 0 aliphatic heterocycles. The average Bonchev–Trinajstić information content (AvgIpc) is 2.35. The van der Waals surface area contributed by atoms with E-state index in [0.29, 0.717) is 12.0 Å². The van der Waals surface area contributed by atoms with Gasteiger partial charge < -0.3 is 10.4 Å². The quantitative estimate of drug-likeness (QED) is 0.673. The molecule has 70 valence electrons. The molecular formula is C10H19NO. The Morgan fingerprint density at radius 1 is 1.50 bits per heavy atom. The van der Waals surface area contributed by atoms with Gasteiger partial charge in [0, 0.05) is 11.7 Å². The molecule has 0 bridgehead atoms. The van der Waals surface area contributed by atoms with Gasteiger partial charge in [0.25, 0.3) is 0 Å². The minimum atomic E-state index is -0.0949. The molecule has 1 aliphatic rings. The zero-order valence-corrected chi connectivity index (χ0v) is 8.01. The van der Waals surface area contributed by atoms with Gasteiger partial charge in [-0.25, -0.2) is 0 Å². The molecule has 0 heterocycles. The molecule has 0 saturated heterocycles. The SMILES string of the molecule is C=C(NC1CCC(O)C1)C(C)C. The van der Waals surface area contributed by atoms with E-state index in [1.165, 1.54) is 0 Å². The zero-order valence-electron chi connectivity index (χ0n) is 8.01. The Balaban J connectivity index is 2.28. The summed E-state index contributed by atoms with van der Waals surface area (Å²) < 4.78 is 0. The zero-order chi connectivity index (χ0) is 9.14. The van der Waals surface area contributed by atoms with Gasteiger partial charge >= 0.3 is 0 Å². The van der Waals surface area contributed by atoms with Gasteiger partial charge in [0.2, 0.25) is 0 Å². The fraction of sp³-hybridized carbons (Fsp3) is 0.800. The van der Waals surface area contributed by atoms with Crippen molar-refractivity contribution in [2.45, 2.75) is 45.3 Å². The molecule has 12 heavy (non-hydrogen) atoms. The molecule has 0 aromatic heterocycles. The van der Waals surface area contributed by atoms with Crippen LogP contribution in [0.5, 0.6) is 0 Å². The van der Waals surface area contributed by atoms with Gasteiger partial charge in [0.05, 0.1) is 6.10 Å². The Bertz CT molecular complexity index is 165. The van der Waals surface area contributed by atoms with Crippen molar-refractivity contribution in [1.29, 1.82) is 0 Å². The maximum Gasteiger partial charge on any atom is 0.0560 e. The number of rotatable bonds is 3. The van der Waals surface area contributed by atoms with Crippen LogP contribution in [0.15, 0.2) is 12.3 Å². The number of aliphatic hydroxyl groups is 1. The van der Waals surface area contributed by atoms with Crippen molar-refractivity contribution in [3.63, 3.8) is 0 Å². The maximum absolute atomic E-state index is 9.28. The highest BCUT2D eigenvalue weighted by atomic mass is 16.3. The second-order valence-corrected chi connectivity index (χ2v) is 3.99. The van der Waals surface area contributed by atoms with Crippen LogP contribution in [0, 0.1) is 5.92 Å². The third-order valence-corrected chi connectivity index (χ3v) is 2.49. The van der Waals surface area contributed by atoms with Crippen LogP contribution in [0.3, 0.4) is 0 Å². The smallest absolute Gasteiger partial charge is 0.0560 e. The third-order valence-electron chi connectivity index (χ3n) is 2.49. The fourth-order valence-electron chi connectivity index (χ4n) is 1.52. The highest BCUT2D eigenvalue weighted by molar-refractivity contribution is 4.98. The monoisotopic (exact) mass is 169 g/mol. The Labute approximate surface area is 74.7 Å². The second-order valence-electron chi connectivity index (χ2n) is 3.99. The van der Waals surface area contributed by atoms with E-state index in [-0.39, 0.29) is 6.10 Å². The number of aliphatic hydroxyl groups excluding tert-OH is 1. The van der Waals surface area contributed by atoms with Crippen LogP contribution in [0.25, 0.3) is 0 Å². The van der Waals surface area contributed by atoms with Crippen LogP contribution in [-0.2, 0) is 0 Å². The van der Waals surface area contributed by atoms with Crippen LogP contribution in [-0.4, -0.2) is 17.3 Å². The molecule has 0 spiro atoms. The van der Waals surface area contributed by atoms with E-state index in [4.69, 9.17) is 0 Å². The average molecular weight is 169 g/mol. The summed E-state index contributed by atoms with van der Waals surface area (Å²) in [5.41, 5.74) is 1.09. The van der Waals surface area contributed by atoms with Gasteiger partial charge in [-0.05, 0) is 25.2 Å². The standard InChI is InChI=1S/C10H19NO/c1-7(2)8(3)11-9-4-5-10(12)6-9/h7,9-12H,3-6H2,1-2H3. The Kier molecular flexibility index (Phi) is 3.15. The van der Waals surface area contributed by atoms with Gasteiger partial charge in [-0.3, -0.25) is 0 Å². The van der Waals surface area contributed by atoms with Crippen molar-refractivity contribution in [1.82, 2.24) is 5.32 Å². The molecule has 2 atom stereocenters. The van der Waals surface area contributed by atoms with Gasteiger partial charge in [-0.15, -0.1) is 0 Å². The van der Waals surface area contributed by atoms with Gasteiger partial charge in [0.15, 0.2) is 0 Å².